The topological polar surface area (TPSA) is 83.3 Å². The molecule has 2 heterocycles. The lowest BCUT2D eigenvalue weighted by atomic mass is 9.91. The second kappa shape index (κ2) is 11.2. The summed E-state index contributed by atoms with van der Waals surface area (Å²) in [6, 6.07) is 17.5. The number of aryl methyl sites for hydroxylation is 2. The number of thiazole rings is 1. The summed E-state index contributed by atoms with van der Waals surface area (Å²) in [6.45, 7) is 7.70. The molecule has 5 rings (SSSR count). The number of esters is 1. The van der Waals surface area contributed by atoms with Gasteiger partial charge >= 0.3 is 11.7 Å². The molecule has 1 unspecified atom stereocenters. The molecule has 210 valence electrons. The van der Waals surface area contributed by atoms with E-state index in [-0.39, 0.29) is 5.69 Å². The number of carbonyl (C=O) groups excluding carboxylic acids is 1. The van der Waals surface area contributed by atoms with Gasteiger partial charge in [0.15, 0.2) is 6.10 Å². The number of methoxy groups -OCH3 is 1. The van der Waals surface area contributed by atoms with Gasteiger partial charge in [0.05, 0.1) is 22.9 Å². The molecule has 0 aliphatic rings. The minimum Gasteiger partial charge on any atom is -0.467 e. The van der Waals surface area contributed by atoms with Gasteiger partial charge in [0.2, 0.25) is 0 Å². The van der Waals surface area contributed by atoms with Crippen LogP contribution in [0, 0.1) is 6.92 Å². The zero-order chi connectivity index (χ0) is 29.5. The number of rotatable bonds is 6. The predicted octanol–water partition coefficient (Wildman–Crippen LogP) is 7.38. The molecular weight excluding hydrogens is 558 g/mol. The maximum atomic E-state index is 13.2. The lowest BCUT2D eigenvalue weighted by Gasteiger charge is -2.28. The molecule has 2 aromatic heterocycles. The Morgan fingerprint density at radius 3 is 2.39 bits per heavy atom. The molecular formula is C32H30ClN3O4S. The zero-order valence-electron chi connectivity index (χ0n) is 23.7. The fourth-order valence-electron chi connectivity index (χ4n) is 4.76. The number of aromatic nitrogens is 3. The number of hydrogen-bond acceptors (Lipinski definition) is 7. The van der Waals surface area contributed by atoms with Crippen molar-refractivity contribution in [1.29, 1.82) is 0 Å². The van der Waals surface area contributed by atoms with Crippen LogP contribution in [0.3, 0.4) is 0 Å². The van der Waals surface area contributed by atoms with Gasteiger partial charge in [-0.1, -0.05) is 41.9 Å². The summed E-state index contributed by atoms with van der Waals surface area (Å²) >= 11 is 7.79. The van der Waals surface area contributed by atoms with Crippen molar-refractivity contribution >= 4 is 39.1 Å². The molecule has 3 aromatic carbocycles. The molecule has 0 saturated carbocycles. The van der Waals surface area contributed by atoms with Crippen molar-refractivity contribution in [1.82, 2.24) is 14.5 Å². The van der Waals surface area contributed by atoms with E-state index < -0.39 is 17.7 Å². The Morgan fingerprint density at radius 2 is 1.73 bits per heavy atom. The van der Waals surface area contributed by atoms with Crippen LogP contribution < -0.4 is 5.69 Å². The second-order valence-corrected chi connectivity index (χ2v) is 12.2. The maximum absolute atomic E-state index is 13.2. The van der Waals surface area contributed by atoms with E-state index in [1.807, 2.05) is 82.3 Å². The van der Waals surface area contributed by atoms with Gasteiger partial charge in [-0.2, -0.15) is 0 Å². The highest BCUT2D eigenvalue weighted by atomic mass is 35.5. The van der Waals surface area contributed by atoms with Crippen molar-refractivity contribution in [2.75, 3.05) is 7.11 Å². The molecule has 0 N–H and O–H groups in total. The smallest absolute Gasteiger partial charge is 0.347 e. The van der Waals surface area contributed by atoms with Gasteiger partial charge in [0, 0.05) is 46.7 Å². The first-order chi connectivity index (χ1) is 19.4. The normalized spacial score (nSPS) is 12.5. The van der Waals surface area contributed by atoms with Crippen LogP contribution >= 0.6 is 22.9 Å². The van der Waals surface area contributed by atoms with E-state index in [2.05, 4.69) is 4.98 Å². The van der Waals surface area contributed by atoms with Gasteiger partial charge in [-0.05, 0) is 68.7 Å². The first-order valence-electron chi connectivity index (χ1n) is 13.0. The Bertz CT molecular complexity index is 1820. The maximum Gasteiger partial charge on any atom is 0.347 e. The largest absolute Gasteiger partial charge is 0.467 e. The summed E-state index contributed by atoms with van der Waals surface area (Å²) in [5.74, 6) is -0.471. The van der Waals surface area contributed by atoms with Crippen LogP contribution in [-0.4, -0.2) is 33.2 Å². The quantitative estimate of drug-likeness (QED) is 0.193. The van der Waals surface area contributed by atoms with E-state index in [1.165, 1.54) is 11.7 Å². The van der Waals surface area contributed by atoms with Crippen LogP contribution in [0.15, 0.2) is 71.8 Å². The zero-order valence-corrected chi connectivity index (χ0v) is 25.3. The van der Waals surface area contributed by atoms with Crippen molar-refractivity contribution < 1.29 is 14.3 Å². The Balaban J connectivity index is 1.74. The lowest BCUT2D eigenvalue weighted by Crippen LogP contribution is -2.29. The van der Waals surface area contributed by atoms with Crippen LogP contribution in [0.4, 0.5) is 0 Å². The summed E-state index contributed by atoms with van der Waals surface area (Å²) < 4.78 is 13.9. The number of nitrogens with zero attached hydrogens (tertiary/aromatic N) is 3. The van der Waals surface area contributed by atoms with Crippen molar-refractivity contribution in [2.45, 2.75) is 39.4 Å². The molecule has 5 aromatic rings. The first kappa shape index (κ1) is 28.7. The monoisotopic (exact) mass is 587 g/mol. The molecule has 0 aliphatic heterocycles. The van der Waals surface area contributed by atoms with Crippen LogP contribution in [0.5, 0.6) is 0 Å². The summed E-state index contributed by atoms with van der Waals surface area (Å²) in [5, 5.41) is 1.43. The molecule has 9 heteroatoms. The third-order valence-corrected chi connectivity index (χ3v) is 7.99. The summed E-state index contributed by atoms with van der Waals surface area (Å²) in [4.78, 5) is 33.9. The highest BCUT2D eigenvalue weighted by molar-refractivity contribution is 7.22. The number of hydrogen-bond donors (Lipinski definition) is 0. The Morgan fingerprint density at radius 1 is 1.02 bits per heavy atom. The SMILES string of the molecule is COC(=O)C(OC(C)(C)C)c1c(C)cc2nc(-c3cccc(-c4cnc(=O)n(C)c4)c3)sc2c1-c1ccc(Cl)cc1. The molecule has 1 atom stereocenters. The second-order valence-electron chi connectivity index (χ2n) is 10.8. The minimum atomic E-state index is -0.943. The van der Waals surface area contributed by atoms with Crippen molar-refractivity contribution in [3.05, 3.63) is 93.6 Å². The van der Waals surface area contributed by atoms with Crippen molar-refractivity contribution in [3.63, 3.8) is 0 Å². The van der Waals surface area contributed by atoms with Gasteiger partial charge in [-0.3, -0.25) is 0 Å². The van der Waals surface area contributed by atoms with Gasteiger partial charge in [-0.25, -0.2) is 19.6 Å². The Hall–Kier alpha value is -3.85. The van der Waals surface area contributed by atoms with Crippen LogP contribution in [0.25, 0.3) is 43.0 Å². The number of fused-ring (bicyclic) bond motifs is 1. The van der Waals surface area contributed by atoms with Crippen LogP contribution in [-0.2, 0) is 21.3 Å². The summed E-state index contributed by atoms with van der Waals surface area (Å²) in [7, 11) is 3.05. The summed E-state index contributed by atoms with van der Waals surface area (Å²) in [6.07, 6.45) is 2.40. The molecule has 0 saturated heterocycles. The highest BCUT2D eigenvalue weighted by Gasteiger charge is 2.33. The van der Waals surface area contributed by atoms with E-state index in [0.717, 1.165) is 54.2 Å². The lowest BCUT2D eigenvalue weighted by molar-refractivity contribution is -0.164. The average Bonchev–Trinajstić information content (AvgIpc) is 3.36. The van der Waals surface area contributed by atoms with E-state index in [4.69, 9.17) is 26.1 Å². The Kier molecular flexibility index (Phi) is 7.83. The first-order valence-corrected chi connectivity index (χ1v) is 14.2. The van der Waals surface area contributed by atoms with Crippen LogP contribution in [0.2, 0.25) is 5.02 Å². The van der Waals surface area contributed by atoms with Gasteiger partial charge in [-0.15, -0.1) is 11.3 Å². The molecule has 7 nitrogen and oxygen atoms in total. The third kappa shape index (κ3) is 5.95. The highest BCUT2D eigenvalue weighted by Crippen LogP contribution is 2.44. The molecule has 0 spiro atoms. The molecule has 0 fully saturated rings. The van der Waals surface area contributed by atoms with E-state index in [0.29, 0.717) is 5.02 Å². The minimum absolute atomic E-state index is 0.308. The van der Waals surface area contributed by atoms with E-state index in [9.17, 15) is 9.59 Å². The van der Waals surface area contributed by atoms with Crippen molar-refractivity contribution in [2.24, 2.45) is 7.05 Å². The molecule has 41 heavy (non-hydrogen) atoms. The molecule has 0 amide bonds. The van der Waals surface area contributed by atoms with Gasteiger partial charge in [0.1, 0.15) is 5.01 Å². The number of ether oxygens (including phenoxy) is 2. The van der Waals surface area contributed by atoms with Gasteiger partial charge in [0.25, 0.3) is 0 Å². The number of halogens is 1. The predicted molar refractivity (Wildman–Crippen MR) is 164 cm³/mol. The third-order valence-electron chi connectivity index (χ3n) is 6.60. The molecule has 0 bridgehead atoms. The fourth-order valence-corrected chi connectivity index (χ4v) is 6.00. The number of benzene rings is 3. The fraction of sp³-hybridized carbons (Fsp3) is 0.250. The Labute approximate surface area is 247 Å². The number of carbonyl (C=O) groups is 1. The molecule has 0 aliphatic carbocycles. The average molecular weight is 588 g/mol. The van der Waals surface area contributed by atoms with E-state index in [1.54, 1.807) is 30.8 Å². The van der Waals surface area contributed by atoms with Gasteiger partial charge < -0.3 is 14.0 Å². The van der Waals surface area contributed by atoms with E-state index >= 15 is 0 Å². The summed E-state index contributed by atoms with van der Waals surface area (Å²) in [5.41, 5.74) is 5.93. The standard InChI is InChI=1S/C32H30ClN3O4S/c1-18-14-24-28(41-29(35-24)21-9-7-8-20(15-21)22-16-34-31(38)36(5)17-22)26(19-10-12-23(33)13-11-19)25(18)27(30(37)39-6)40-32(2,3)4/h7-17,27H,1-6H3. The molecule has 0 radical (unpaired) electrons. The van der Waals surface area contributed by atoms with Crippen LogP contribution in [0.1, 0.15) is 38.0 Å². The van der Waals surface area contributed by atoms with Crippen molar-refractivity contribution in [3.8, 4) is 32.8 Å².